The summed E-state index contributed by atoms with van der Waals surface area (Å²) in [5.74, 6) is -1.28. The number of carboxylic acid groups (broad SMARTS) is 1. The third-order valence-electron chi connectivity index (χ3n) is 3.56. The second-order valence-corrected chi connectivity index (χ2v) is 5.07. The molecule has 0 aromatic rings. The molecule has 0 saturated carbocycles. The molecule has 0 saturated heterocycles. The first-order chi connectivity index (χ1) is 9.43. The van der Waals surface area contributed by atoms with Crippen molar-refractivity contribution in [3.63, 3.8) is 0 Å². The highest BCUT2D eigenvalue weighted by atomic mass is 16.4. The van der Waals surface area contributed by atoms with Crippen LogP contribution >= 0.6 is 0 Å². The highest BCUT2D eigenvalue weighted by Crippen LogP contribution is 2.08. The van der Waals surface area contributed by atoms with Crippen LogP contribution in [0.1, 0.15) is 32.6 Å². The first-order valence-corrected chi connectivity index (χ1v) is 6.90. The predicted molar refractivity (Wildman–Crippen MR) is 74.1 cm³/mol. The largest absolute Gasteiger partial charge is 0.480 e. The van der Waals surface area contributed by atoms with Gasteiger partial charge in [0.1, 0.15) is 6.04 Å². The van der Waals surface area contributed by atoms with Gasteiger partial charge in [0.25, 0.3) is 11.8 Å². The standard InChI is InChI=1S/C14H22N2O4/c1-11(14(19)20)15(2)9-5-3-4-6-10-16-12(17)7-8-13(16)18/h7-8,11H,3-6,9-10H2,1-2H3,(H,19,20)/t11-/m0/s1. The van der Waals surface area contributed by atoms with Gasteiger partial charge < -0.3 is 5.11 Å². The Morgan fingerprint density at radius 1 is 1.20 bits per heavy atom. The molecule has 6 nitrogen and oxygen atoms in total. The van der Waals surface area contributed by atoms with Crippen molar-refractivity contribution in [2.24, 2.45) is 0 Å². The fraction of sp³-hybridized carbons (Fsp3) is 0.643. The molecule has 1 atom stereocenters. The lowest BCUT2D eigenvalue weighted by Crippen LogP contribution is -2.36. The van der Waals surface area contributed by atoms with Crippen molar-refractivity contribution in [2.45, 2.75) is 38.6 Å². The summed E-state index contributed by atoms with van der Waals surface area (Å²) in [6, 6.07) is -0.471. The Morgan fingerprint density at radius 3 is 2.30 bits per heavy atom. The number of likely N-dealkylation sites (N-methyl/N-ethyl adjacent to an activating group) is 1. The molecule has 1 rings (SSSR count). The number of nitrogens with zero attached hydrogens (tertiary/aromatic N) is 2. The van der Waals surface area contributed by atoms with Crippen molar-refractivity contribution < 1.29 is 19.5 Å². The van der Waals surface area contributed by atoms with Crippen LogP contribution in [0.25, 0.3) is 0 Å². The Bertz CT molecular complexity index is 388. The van der Waals surface area contributed by atoms with Gasteiger partial charge in [-0.3, -0.25) is 24.2 Å². The molecule has 1 heterocycles. The van der Waals surface area contributed by atoms with Crippen molar-refractivity contribution in [2.75, 3.05) is 20.1 Å². The highest BCUT2D eigenvalue weighted by molar-refractivity contribution is 6.12. The highest BCUT2D eigenvalue weighted by Gasteiger charge is 2.22. The van der Waals surface area contributed by atoms with Crippen LogP contribution < -0.4 is 0 Å². The summed E-state index contributed by atoms with van der Waals surface area (Å²) < 4.78 is 0. The van der Waals surface area contributed by atoms with E-state index in [1.54, 1.807) is 18.9 Å². The van der Waals surface area contributed by atoms with Crippen LogP contribution in [-0.2, 0) is 14.4 Å². The van der Waals surface area contributed by atoms with Gasteiger partial charge in [0.05, 0.1) is 0 Å². The molecule has 1 aliphatic heterocycles. The number of carbonyl (C=O) groups is 3. The average Bonchev–Trinajstić information content (AvgIpc) is 2.72. The molecule has 2 amide bonds. The number of rotatable bonds is 9. The number of carboxylic acids is 1. The average molecular weight is 282 g/mol. The second kappa shape index (κ2) is 7.79. The van der Waals surface area contributed by atoms with E-state index in [0.29, 0.717) is 6.54 Å². The molecule has 0 aliphatic carbocycles. The molecule has 0 aromatic heterocycles. The lowest BCUT2D eigenvalue weighted by Gasteiger charge is -2.20. The fourth-order valence-electron chi connectivity index (χ4n) is 2.02. The SMILES string of the molecule is C[C@@H](C(=O)O)N(C)CCCCCCN1C(=O)C=CC1=O. The molecule has 6 heteroatoms. The third kappa shape index (κ3) is 4.77. The summed E-state index contributed by atoms with van der Waals surface area (Å²) >= 11 is 0. The van der Waals surface area contributed by atoms with Crippen LogP contribution in [0.5, 0.6) is 0 Å². The van der Waals surface area contributed by atoms with Crippen LogP contribution in [0.2, 0.25) is 0 Å². The lowest BCUT2D eigenvalue weighted by molar-refractivity contribution is -0.142. The first kappa shape index (κ1) is 16.4. The Labute approximate surface area is 119 Å². The van der Waals surface area contributed by atoms with E-state index >= 15 is 0 Å². The van der Waals surface area contributed by atoms with Gasteiger partial charge in [0.15, 0.2) is 0 Å². The third-order valence-corrected chi connectivity index (χ3v) is 3.56. The lowest BCUT2D eigenvalue weighted by atomic mass is 10.1. The molecular weight excluding hydrogens is 260 g/mol. The zero-order valence-electron chi connectivity index (χ0n) is 12.0. The minimum atomic E-state index is -0.814. The number of amides is 2. The molecule has 0 bridgehead atoms. The maximum absolute atomic E-state index is 11.3. The van der Waals surface area contributed by atoms with Crippen molar-refractivity contribution in [3.8, 4) is 0 Å². The summed E-state index contributed by atoms with van der Waals surface area (Å²) in [7, 11) is 1.80. The van der Waals surface area contributed by atoms with E-state index in [1.165, 1.54) is 17.1 Å². The Balaban J connectivity index is 2.07. The van der Waals surface area contributed by atoms with E-state index in [4.69, 9.17) is 5.11 Å². The van der Waals surface area contributed by atoms with Crippen LogP contribution in [0, 0.1) is 0 Å². The van der Waals surface area contributed by atoms with Gasteiger partial charge in [0, 0.05) is 18.7 Å². The van der Waals surface area contributed by atoms with E-state index < -0.39 is 12.0 Å². The summed E-state index contributed by atoms with van der Waals surface area (Å²) in [6.07, 6.45) is 6.17. The topological polar surface area (TPSA) is 77.9 Å². The van der Waals surface area contributed by atoms with Crippen LogP contribution in [-0.4, -0.2) is 58.9 Å². The number of hydrogen-bond acceptors (Lipinski definition) is 4. The Morgan fingerprint density at radius 2 is 1.75 bits per heavy atom. The van der Waals surface area contributed by atoms with E-state index in [1.807, 2.05) is 0 Å². The molecule has 20 heavy (non-hydrogen) atoms. The summed E-state index contributed by atoms with van der Waals surface area (Å²) in [6.45, 7) is 2.86. The molecule has 1 N–H and O–H groups in total. The van der Waals surface area contributed by atoms with Gasteiger partial charge in [-0.25, -0.2) is 0 Å². The van der Waals surface area contributed by atoms with E-state index in [9.17, 15) is 14.4 Å². The number of imide groups is 1. The van der Waals surface area contributed by atoms with E-state index in [-0.39, 0.29) is 11.8 Å². The maximum atomic E-state index is 11.3. The number of hydrogen-bond donors (Lipinski definition) is 1. The molecular formula is C14H22N2O4. The van der Waals surface area contributed by atoms with Gasteiger partial charge in [-0.15, -0.1) is 0 Å². The molecule has 0 unspecified atom stereocenters. The van der Waals surface area contributed by atoms with Crippen LogP contribution in [0.15, 0.2) is 12.2 Å². The molecule has 112 valence electrons. The molecule has 1 aliphatic rings. The molecule has 0 radical (unpaired) electrons. The maximum Gasteiger partial charge on any atom is 0.320 e. The summed E-state index contributed by atoms with van der Waals surface area (Å²) in [5.41, 5.74) is 0. The van der Waals surface area contributed by atoms with Gasteiger partial charge >= 0.3 is 5.97 Å². The van der Waals surface area contributed by atoms with Crippen LogP contribution in [0.4, 0.5) is 0 Å². The second-order valence-electron chi connectivity index (χ2n) is 5.07. The minimum absolute atomic E-state index is 0.231. The van der Waals surface area contributed by atoms with Gasteiger partial charge in [-0.05, 0) is 33.4 Å². The Hall–Kier alpha value is -1.69. The van der Waals surface area contributed by atoms with Crippen molar-refractivity contribution in [3.05, 3.63) is 12.2 Å². The smallest absolute Gasteiger partial charge is 0.320 e. The normalized spacial score (nSPS) is 16.2. The van der Waals surface area contributed by atoms with E-state index in [2.05, 4.69) is 0 Å². The van der Waals surface area contributed by atoms with Gasteiger partial charge in [-0.2, -0.15) is 0 Å². The van der Waals surface area contributed by atoms with E-state index in [0.717, 1.165) is 32.2 Å². The van der Waals surface area contributed by atoms with Crippen molar-refractivity contribution in [1.29, 1.82) is 0 Å². The van der Waals surface area contributed by atoms with Gasteiger partial charge in [0.2, 0.25) is 0 Å². The zero-order valence-corrected chi connectivity index (χ0v) is 12.0. The Kier molecular flexibility index (Phi) is 6.38. The zero-order chi connectivity index (χ0) is 15.1. The van der Waals surface area contributed by atoms with Crippen molar-refractivity contribution >= 4 is 17.8 Å². The fourth-order valence-corrected chi connectivity index (χ4v) is 2.02. The predicted octanol–water partition coefficient (Wildman–Crippen LogP) is 0.877. The number of unbranched alkanes of at least 4 members (excludes halogenated alkanes) is 3. The number of aliphatic carboxylic acids is 1. The summed E-state index contributed by atoms with van der Waals surface area (Å²) in [4.78, 5) is 36.4. The molecule has 0 spiro atoms. The number of carbonyl (C=O) groups excluding carboxylic acids is 2. The molecule has 0 aromatic carbocycles. The first-order valence-electron chi connectivity index (χ1n) is 6.90. The summed E-state index contributed by atoms with van der Waals surface area (Å²) in [5, 5.41) is 8.85. The minimum Gasteiger partial charge on any atom is -0.480 e. The monoisotopic (exact) mass is 282 g/mol. The van der Waals surface area contributed by atoms with Gasteiger partial charge in [-0.1, -0.05) is 12.8 Å². The molecule has 0 fully saturated rings. The quantitative estimate of drug-likeness (QED) is 0.501. The van der Waals surface area contributed by atoms with Crippen LogP contribution in [0.3, 0.4) is 0 Å². The van der Waals surface area contributed by atoms with Crippen molar-refractivity contribution in [1.82, 2.24) is 9.80 Å².